The van der Waals surface area contributed by atoms with E-state index in [0.717, 1.165) is 18.7 Å². The molecule has 0 spiro atoms. The molecular weight excluding hydrogens is 388 g/mol. The predicted molar refractivity (Wildman–Crippen MR) is 105 cm³/mol. The summed E-state index contributed by atoms with van der Waals surface area (Å²) in [7, 11) is -2.27. The van der Waals surface area contributed by atoms with Crippen LogP contribution in [0, 0.1) is 0 Å². The summed E-state index contributed by atoms with van der Waals surface area (Å²) >= 11 is 6.15. The van der Waals surface area contributed by atoms with Crippen LogP contribution in [0.15, 0.2) is 53.4 Å². The van der Waals surface area contributed by atoms with E-state index in [4.69, 9.17) is 21.1 Å². The maximum atomic E-state index is 12.8. The molecule has 1 unspecified atom stereocenters. The summed E-state index contributed by atoms with van der Waals surface area (Å²) in [5, 5.41) is 0.623. The highest BCUT2D eigenvalue weighted by Crippen LogP contribution is 2.26. The van der Waals surface area contributed by atoms with E-state index in [0.29, 0.717) is 24.0 Å². The van der Waals surface area contributed by atoms with Crippen molar-refractivity contribution in [3.8, 4) is 5.75 Å². The summed E-state index contributed by atoms with van der Waals surface area (Å²) in [6, 6.07) is 13.9. The Hall–Kier alpha value is -1.64. The van der Waals surface area contributed by atoms with E-state index in [1.54, 1.807) is 24.3 Å². The quantitative estimate of drug-likeness (QED) is 0.760. The SMILES string of the molecule is COc1ccccc1S(=O)(=O)NCC(c1cccc(Cl)c1)N1CCOCC1. The Kier molecular flexibility index (Phi) is 6.73. The number of rotatable bonds is 7. The number of sulfonamides is 1. The van der Waals surface area contributed by atoms with Crippen LogP contribution >= 0.6 is 11.6 Å². The summed E-state index contributed by atoms with van der Waals surface area (Å²) in [5.41, 5.74) is 0.965. The van der Waals surface area contributed by atoms with Crippen molar-refractivity contribution in [1.82, 2.24) is 9.62 Å². The van der Waals surface area contributed by atoms with Crippen molar-refractivity contribution in [2.75, 3.05) is 40.0 Å². The van der Waals surface area contributed by atoms with Crippen molar-refractivity contribution in [2.24, 2.45) is 0 Å². The average molecular weight is 411 g/mol. The van der Waals surface area contributed by atoms with Gasteiger partial charge in [0.25, 0.3) is 0 Å². The fraction of sp³-hybridized carbons (Fsp3) is 0.368. The highest BCUT2D eigenvalue weighted by atomic mass is 35.5. The molecule has 0 aromatic heterocycles. The summed E-state index contributed by atoms with van der Waals surface area (Å²) in [6.07, 6.45) is 0. The number of benzene rings is 2. The maximum Gasteiger partial charge on any atom is 0.244 e. The molecule has 146 valence electrons. The number of halogens is 1. The molecule has 2 aromatic rings. The van der Waals surface area contributed by atoms with Crippen molar-refractivity contribution in [3.63, 3.8) is 0 Å². The van der Waals surface area contributed by atoms with Crippen molar-refractivity contribution >= 4 is 21.6 Å². The number of morpholine rings is 1. The molecule has 1 aliphatic heterocycles. The normalized spacial score (nSPS) is 16.8. The van der Waals surface area contributed by atoms with Crippen LogP contribution in [0.4, 0.5) is 0 Å². The van der Waals surface area contributed by atoms with Crippen molar-refractivity contribution in [2.45, 2.75) is 10.9 Å². The minimum Gasteiger partial charge on any atom is -0.495 e. The van der Waals surface area contributed by atoms with Gasteiger partial charge in [0.2, 0.25) is 10.0 Å². The first-order chi connectivity index (χ1) is 13.0. The molecule has 1 aliphatic rings. The number of para-hydroxylation sites is 1. The molecule has 1 heterocycles. The molecule has 0 bridgehead atoms. The number of hydrogen-bond acceptors (Lipinski definition) is 5. The first-order valence-corrected chi connectivity index (χ1v) is 10.6. The lowest BCUT2D eigenvalue weighted by atomic mass is 10.1. The van der Waals surface area contributed by atoms with E-state index in [1.165, 1.54) is 13.2 Å². The summed E-state index contributed by atoms with van der Waals surface area (Å²) in [6.45, 7) is 2.93. The maximum absolute atomic E-state index is 12.8. The van der Waals surface area contributed by atoms with E-state index in [2.05, 4.69) is 9.62 Å². The standard InChI is InChI=1S/C19H23ClN2O4S/c1-25-18-7-2-3-8-19(18)27(23,24)21-14-17(22-9-11-26-12-10-22)15-5-4-6-16(20)13-15/h2-8,13,17,21H,9-12,14H2,1H3. The van der Waals surface area contributed by atoms with E-state index in [-0.39, 0.29) is 17.5 Å². The van der Waals surface area contributed by atoms with Crippen molar-refractivity contribution in [3.05, 3.63) is 59.1 Å². The first kappa shape index (κ1) is 20.1. The fourth-order valence-electron chi connectivity index (χ4n) is 3.17. The van der Waals surface area contributed by atoms with Crippen LogP contribution in [0.1, 0.15) is 11.6 Å². The second-order valence-electron chi connectivity index (χ2n) is 6.22. The Balaban J connectivity index is 1.83. The molecule has 1 N–H and O–H groups in total. The van der Waals surface area contributed by atoms with Gasteiger partial charge >= 0.3 is 0 Å². The van der Waals surface area contributed by atoms with Crippen LogP contribution in [-0.4, -0.2) is 53.3 Å². The van der Waals surface area contributed by atoms with E-state index in [1.807, 2.05) is 18.2 Å². The van der Waals surface area contributed by atoms with Gasteiger partial charge in [-0.3, -0.25) is 4.90 Å². The van der Waals surface area contributed by atoms with Crippen LogP contribution in [0.2, 0.25) is 5.02 Å². The van der Waals surface area contributed by atoms with Crippen LogP contribution in [0.3, 0.4) is 0 Å². The Morgan fingerprint density at radius 1 is 1.19 bits per heavy atom. The zero-order valence-electron chi connectivity index (χ0n) is 15.1. The number of hydrogen-bond donors (Lipinski definition) is 1. The van der Waals surface area contributed by atoms with E-state index >= 15 is 0 Å². The van der Waals surface area contributed by atoms with Crippen molar-refractivity contribution < 1.29 is 17.9 Å². The molecule has 1 fully saturated rings. The van der Waals surface area contributed by atoms with Crippen molar-refractivity contribution in [1.29, 1.82) is 0 Å². The molecule has 3 rings (SSSR count). The Morgan fingerprint density at radius 2 is 1.93 bits per heavy atom. The highest BCUT2D eigenvalue weighted by molar-refractivity contribution is 7.89. The molecule has 1 saturated heterocycles. The Labute approximate surface area is 165 Å². The number of ether oxygens (including phenoxy) is 2. The van der Waals surface area contributed by atoms with Gasteiger partial charge in [-0.1, -0.05) is 35.9 Å². The lowest BCUT2D eigenvalue weighted by Gasteiger charge is -2.35. The first-order valence-electron chi connectivity index (χ1n) is 8.71. The predicted octanol–water partition coefficient (Wildman–Crippen LogP) is 2.70. The fourth-order valence-corrected chi connectivity index (χ4v) is 4.57. The van der Waals surface area contributed by atoms with E-state index < -0.39 is 10.0 Å². The summed E-state index contributed by atoms with van der Waals surface area (Å²) < 4.78 is 39.0. The molecule has 8 heteroatoms. The van der Waals surface area contributed by atoms with Crippen LogP contribution in [-0.2, 0) is 14.8 Å². The topological polar surface area (TPSA) is 67.9 Å². The van der Waals surface area contributed by atoms with E-state index in [9.17, 15) is 8.42 Å². The molecule has 27 heavy (non-hydrogen) atoms. The molecule has 0 radical (unpaired) electrons. The Bertz CT molecular complexity index is 870. The third-order valence-electron chi connectivity index (χ3n) is 4.55. The van der Waals surface area contributed by atoms with Crippen LogP contribution in [0.5, 0.6) is 5.75 Å². The van der Waals surface area contributed by atoms with Gasteiger partial charge in [0.05, 0.1) is 20.3 Å². The summed E-state index contributed by atoms with van der Waals surface area (Å²) in [5.74, 6) is 0.315. The van der Waals surface area contributed by atoms with Gasteiger partial charge < -0.3 is 9.47 Å². The summed E-state index contributed by atoms with van der Waals surface area (Å²) in [4.78, 5) is 2.33. The third-order valence-corrected chi connectivity index (χ3v) is 6.24. The van der Waals surface area contributed by atoms with Crippen LogP contribution in [0.25, 0.3) is 0 Å². The van der Waals surface area contributed by atoms with Gasteiger partial charge in [-0.2, -0.15) is 0 Å². The second kappa shape index (κ2) is 9.03. The average Bonchev–Trinajstić information content (AvgIpc) is 2.69. The lowest BCUT2D eigenvalue weighted by molar-refractivity contribution is 0.0172. The lowest BCUT2D eigenvalue weighted by Crippen LogP contribution is -2.43. The van der Waals surface area contributed by atoms with Gasteiger partial charge in [-0.15, -0.1) is 0 Å². The Morgan fingerprint density at radius 3 is 2.63 bits per heavy atom. The molecule has 0 amide bonds. The van der Waals surface area contributed by atoms with Gasteiger partial charge in [0.1, 0.15) is 10.6 Å². The molecule has 1 atom stereocenters. The largest absolute Gasteiger partial charge is 0.495 e. The van der Waals surface area contributed by atoms with Gasteiger partial charge in [0.15, 0.2) is 0 Å². The molecule has 2 aromatic carbocycles. The zero-order chi connectivity index (χ0) is 19.3. The minimum absolute atomic E-state index is 0.124. The van der Waals surface area contributed by atoms with Gasteiger partial charge in [-0.05, 0) is 29.8 Å². The third kappa shape index (κ3) is 5.00. The number of methoxy groups -OCH3 is 1. The minimum atomic E-state index is -3.72. The van der Waals surface area contributed by atoms with Gasteiger partial charge in [0, 0.05) is 30.7 Å². The monoisotopic (exact) mass is 410 g/mol. The molecule has 0 saturated carbocycles. The number of nitrogens with one attached hydrogen (secondary N) is 1. The van der Waals surface area contributed by atoms with Gasteiger partial charge in [-0.25, -0.2) is 13.1 Å². The molecule has 0 aliphatic carbocycles. The number of nitrogens with zero attached hydrogens (tertiary/aromatic N) is 1. The molecule has 6 nitrogen and oxygen atoms in total. The van der Waals surface area contributed by atoms with Crippen LogP contribution < -0.4 is 9.46 Å². The molecular formula is C19H23ClN2O4S. The zero-order valence-corrected chi connectivity index (χ0v) is 16.7. The second-order valence-corrected chi connectivity index (χ2v) is 8.39. The smallest absolute Gasteiger partial charge is 0.244 e. The highest BCUT2D eigenvalue weighted by Gasteiger charge is 2.26.